The summed E-state index contributed by atoms with van der Waals surface area (Å²) < 4.78 is 27.2. The first-order valence-corrected chi connectivity index (χ1v) is 10.5. The minimum absolute atomic E-state index is 0.0929. The van der Waals surface area contributed by atoms with Crippen LogP contribution >= 0.6 is 22.9 Å². The molecule has 0 saturated carbocycles. The van der Waals surface area contributed by atoms with Crippen LogP contribution in [0.15, 0.2) is 58.8 Å². The minimum atomic E-state index is -3.62. The number of rotatable bonds is 6. The number of hydrogen-bond donors (Lipinski definition) is 1. The van der Waals surface area contributed by atoms with E-state index in [2.05, 4.69) is 9.71 Å². The monoisotopic (exact) mass is 392 g/mol. The van der Waals surface area contributed by atoms with E-state index in [9.17, 15) is 8.42 Å². The Morgan fingerprint density at radius 3 is 2.56 bits per heavy atom. The summed E-state index contributed by atoms with van der Waals surface area (Å²) in [7, 11) is -3.62. The number of benzene rings is 2. The van der Waals surface area contributed by atoms with Gasteiger partial charge in [0.05, 0.1) is 10.7 Å². The van der Waals surface area contributed by atoms with Crippen LogP contribution < -0.4 is 4.72 Å². The third-order valence-electron chi connectivity index (χ3n) is 3.65. The number of sulfonamides is 1. The first-order chi connectivity index (χ1) is 12.0. The molecule has 0 fully saturated rings. The predicted molar refractivity (Wildman–Crippen MR) is 103 cm³/mol. The average Bonchev–Trinajstić information content (AvgIpc) is 3.04. The highest BCUT2D eigenvalue weighted by Crippen LogP contribution is 2.24. The van der Waals surface area contributed by atoms with Crippen molar-refractivity contribution in [3.8, 4) is 10.6 Å². The van der Waals surface area contributed by atoms with Crippen molar-refractivity contribution in [1.82, 2.24) is 9.71 Å². The minimum Gasteiger partial charge on any atom is -0.241 e. The lowest BCUT2D eigenvalue weighted by Gasteiger charge is -2.07. The summed E-state index contributed by atoms with van der Waals surface area (Å²) in [6.07, 6.45) is 0.520. The van der Waals surface area contributed by atoms with Gasteiger partial charge in [-0.2, -0.15) is 0 Å². The highest BCUT2D eigenvalue weighted by Gasteiger charge is 2.16. The highest BCUT2D eigenvalue weighted by molar-refractivity contribution is 7.89. The van der Waals surface area contributed by atoms with Gasteiger partial charge < -0.3 is 0 Å². The van der Waals surface area contributed by atoms with Crippen molar-refractivity contribution < 1.29 is 8.42 Å². The van der Waals surface area contributed by atoms with E-state index in [0.29, 0.717) is 6.42 Å². The number of aromatic nitrogens is 1. The van der Waals surface area contributed by atoms with Crippen LogP contribution in [0.4, 0.5) is 0 Å². The molecule has 1 heterocycles. The standard InChI is InChI=1S/C18H17ClN2O2S2/c1-13-6-8-14(9-7-13)18-21-15(12-24-18)10-11-20-25(22,23)17-5-3-2-4-16(17)19/h2-9,12,20H,10-11H2,1H3. The Morgan fingerprint density at radius 1 is 1.12 bits per heavy atom. The molecule has 7 heteroatoms. The van der Waals surface area contributed by atoms with Gasteiger partial charge in [-0.15, -0.1) is 11.3 Å². The molecule has 1 aromatic heterocycles. The van der Waals surface area contributed by atoms with Crippen LogP contribution in [-0.4, -0.2) is 19.9 Å². The van der Waals surface area contributed by atoms with Crippen molar-refractivity contribution in [3.05, 3.63) is 70.2 Å². The zero-order chi connectivity index (χ0) is 17.9. The van der Waals surface area contributed by atoms with Crippen molar-refractivity contribution in [2.24, 2.45) is 0 Å². The van der Waals surface area contributed by atoms with E-state index in [-0.39, 0.29) is 16.5 Å². The Hall–Kier alpha value is -1.73. The van der Waals surface area contributed by atoms with Gasteiger partial charge >= 0.3 is 0 Å². The van der Waals surface area contributed by atoms with E-state index in [0.717, 1.165) is 16.3 Å². The zero-order valence-electron chi connectivity index (χ0n) is 13.6. The molecule has 4 nitrogen and oxygen atoms in total. The zero-order valence-corrected chi connectivity index (χ0v) is 16.0. The Kier molecular flexibility index (Phi) is 5.54. The Bertz CT molecular complexity index is 967. The van der Waals surface area contributed by atoms with E-state index < -0.39 is 10.0 Å². The fraction of sp³-hybridized carbons (Fsp3) is 0.167. The molecular weight excluding hydrogens is 376 g/mol. The van der Waals surface area contributed by atoms with E-state index in [4.69, 9.17) is 11.6 Å². The van der Waals surface area contributed by atoms with E-state index in [1.165, 1.54) is 11.6 Å². The third-order valence-corrected chi connectivity index (χ3v) is 6.55. The topological polar surface area (TPSA) is 59.1 Å². The second kappa shape index (κ2) is 7.66. The largest absolute Gasteiger partial charge is 0.242 e. The molecule has 2 aromatic carbocycles. The fourth-order valence-electron chi connectivity index (χ4n) is 2.30. The van der Waals surface area contributed by atoms with Crippen molar-refractivity contribution >= 4 is 33.0 Å². The number of nitrogens with one attached hydrogen (secondary N) is 1. The molecule has 0 unspecified atom stereocenters. The van der Waals surface area contributed by atoms with Crippen molar-refractivity contribution in [3.63, 3.8) is 0 Å². The lowest BCUT2D eigenvalue weighted by Crippen LogP contribution is -2.26. The summed E-state index contributed by atoms with van der Waals surface area (Å²) in [6, 6.07) is 14.6. The van der Waals surface area contributed by atoms with Crippen LogP contribution in [0, 0.1) is 6.92 Å². The normalized spacial score (nSPS) is 11.6. The SMILES string of the molecule is Cc1ccc(-c2nc(CCNS(=O)(=O)c3ccccc3Cl)cs2)cc1. The molecule has 0 bridgehead atoms. The maximum absolute atomic E-state index is 12.3. The van der Waals surface area contributed by atoms with Crippen LogP contribution in [0.2, 0.25) is 5.02 Å². The quantitative estimate of drug-likeness (QED) is 0.680. The Morgan fingerprint density at radius 2 is 1.84 bits per heavy atom. The molecule has 0 atom stereocenters. The van der Waals surface area contributed by atoms with E-state index in [1.54, 1.807) is 29.5 Å². The molecule has 3 aromatic rings. The van der Waals surface area contributed by atoms with Crippen molar-refractivity contribution in [2.75, 3.05) is 6.54 Å². The molecule has 0 radical (unpaired) electrons. The second-order valence-corrected chi connectivity index (χ2v) is 8.59. The molecule has 25 heavy (non-hydrogen) atoms. The van der Waals surface area contributed by atoms with Gasteiger partial charge in [-0.25, -0.2) is 18.1 Å². The van der Waals surface area contributed by atoms with Crippen LogP contribution in [0.25, 0.3) is 10.6 Å². The number of halogens is 1. The summed E-state index contributed by atoms with van der Waals surface area (Å²) in [5, 5.41) is 3.10. The number of thiazole rings is 1. The average molecular weight is 393 g/mol. The lowest BCUT2D eigenvalue weighted by molar-refractivity contribution is 0.581. The summed E-state index contributed by atoms with van der Waals surface area (Å²) in [5.41, 5.74) is 3.13. The van der Waals surface area contributed by atoms with Gasteiger partial charge in [-0.05, 0) is 19.1 Å². The first-order valence-electron chi connectivity index (χ1n) is 7.71. The number of hydrogen-bond acceptors (Lipinski definition) is 4. The molecule has 0 aliphatic carbocycles. The van der Waals surface area contributed by atoms with E-state index in [1.807, 2.05) is 36.6 Å². The van der Waals surface area contributed by atoms with Gasteiger partial charge in [-0.1, -0.05) is 53.6 Å². The first kappa shape index (κ1) is 18.1. The van der Waals surface area contributed by atoms with Crippen LogP contribution in [0.1, 0.15) is 11.3 Å². The highest BCUT2D eigenvalue weighted by atomic mass is 35.5. The van der Waals surface area contributed by atoms with Crippen LogP contribution in [0.3, 0.4) is 0 Å². The third kappa shape index (κ3) is 4.46. The Labute approximate surface area is 156 Å². The molecule has 0 aliphatic rings. The fourth-order valence-corrected chi connectivity index (χ4v) is 4.71. The van der Waals surface area contributed by atoms with Gasteiger partial charge in [-0.3, -0.25) is 0 Å². The smallest absolute Gasteiger partial charge is 0.241 e. The predicted octanol–water partition coefficient (Wildman–Crippen LogP) is 4.29. The Balaban J connectivity index is 1.63. The molecule has 3 rings (SSSR count). The summed E-state index contributed by atoms with van der Waals surface area (Å²) in [5.74, 6) is 0. The molecule has 0 saturated heterocycles. The molecule has 130 valence electrons. The maximum atomic E-state index is 12.3. The van der Waals surface area contributed by atoms with Crippen molar-refractivity contribution in [2.45, 2.75) is 18.2 Å². The molecule has 1 N–H and O–H groups in total. The summed E-state index contributed by atoms with van der Waals surface area (Å²) >= 11 is 7.51. The van der Waals surface area contributed by atoms with Gasteiger partial charge in [0.25, 0.3) is 0 Å². The van der Waals surface area contributed by atoms with Crippen LogP contribution in [0.5, 0.6) is 0 Å². The number of nitrogens with zero attached hydrogens (tertiary/aromatic N) is 1. The second-order valence-electron chi connectivity index (χ2n) is 5.59. The van der Waals surface area contributed by atoms with Crippen LogP contribution in [-0.2, 0) is 16.4 Å². The summed E-state index contributed by atoms with van der Waals surface area (Å²) in [6.45, 7) is 2.31. The lowest BCUT2D eigenvalue weighted by atomic mass is 10.2. The summed E-state index contributed by atoms with van der Waals surface area (Å²) in [4.78, 5) is 4.67. The van der Waals surface area contributed by atoms with E-state index >= 15 is 0 Å². The molecule has 0 spiro atoms. The van der Waals surface area contributed by atoms with Gasteiger partial charge in [0.15, 0.2) is 0 Å². The number of aryl methyl sites for hydroxylation is 1. The van der Waals surface area contributed by atoms with Gasteiger partial charge in [0.1, 0.15) is 9.90 Å². The van der Waals surface area contributed by atoms with Gasteiger partial charge in [0, 0.05) is 23.9 Å². The molecule has 0 amide bonds. The molecule has 0 aliphatic heterocycles. The van der Waals surface area contributed by atoms with Gasteiger partial charge in [0.2, 0.25) is 10.0 Å². The molecular formula is C18H17ClN2O2S2. The van der Waals surface area contributed by atoms with Crippen molar-refractivity contribution in [1.29, 1.82) is 0 Å². The maximum Gasteiger partial charge on any atom is 0.242 e.